The predicted octanol–water partition coefficient (Wildman–Crippen LogP) is 2.49. The number of hydrogen-bond acceptors (Lipinski definition) is 4. The highest BCUT2D eigenvalue weighted by Gasteiger charge is 2.43. The Labute approximate surface area is 139 Å². The van der Waals surface area contributed by atoms with E-state index in [9.17, 15) is 4.79 Å². The van der Waals surface area contributed by atoms with Gasteiger partial charge >= 0.3 is 0 Å². The molecule has 1 amide bonds. The molecule has 114 valence electrons. The first kappa shape index (κ1) is 15.1. The third-order valence-electron chi connectivity index (χ3n) is 3.76. The Morgan fingerprint density at radius 3 is 2.77 bits per heavy atom. The van der Waals surface area contributed by atoms with Gasteiger partial charge in [0.2, 0.25) is 5.11 Å². The molecule has 0 fully saturated rings. The molecule has 2 heterocycles. The Hall–Kier alpha value is -1.79. The Balaban J connectivity index is 1.92. The third kappa shape index (κ3) is 2.42. The predicted molar refractivity (Wildman–Crippen MR) is 91.3 cm³/mol. The Kier molecular flexibility index (Phi) is 3.97. The van der Waals surface area contributed by atoms with Crippen LogP contribution in [0.5, 0.6) is 0 Å². The molecule has 7 heteroatoms. The molecular weight excluding hydrogens is 320 g/mol. The van der Waals surface area contributed by atoms with Crippen molar-refractivity contribution in [1.82, 2.24) is 9.91 Å². The minimum atomic E-state index is -0.473. The van der Waals surface area contributed by atoms with Crippen LogP contribution in [0.25, 0.3) is 0 Å². The molecule has 5 nitrogen and oxygen atoms in total. The number of hydrogen-bond donors (Lipinski definition) is 0. The molecular formula is C15H15ClN4OS. The van der Waals surface area contributed by atoms with Gasteiger partial charge in [-0.05, 0) is 37.7 Å². The number of carbonyl (C=O) groups is 1. The lowest BCUT2D eigenvalue weighted by molar-refractivity contribution is -0.131. The molecule has 22 heavy (non-hydrogen) atoms. The molecule has 1 aromatic rings. The number of hydrazone groups is 1. The molecule has 0 bridgehead atoms. The lowest BCUT2D eigenvalue weighted by Gasteiger charge is -2.32. The first-order chi connectivity index (χ1) is 10.5. The monoisotopic (exact) mass is 334 g/mol. The topological polar surface area (TPSA) is 48.3 Å². The Morgan fingerprint density at radius 2 is 2.09 bits per heavy atom. The van der Waals surface area contributed by atoms with Gasteiger partial charge in [-0.2, -0.15) is 5.10 Å². The zero-order valence-electron chi connectivity index (χ0n) is 12.3. The zero-order valence-corrected chi connectivity index (χ0v) is 13.9. The van der Waals surface area contributed by atoms with E-state index >= 15 is 0 Å². The van der Waals surface area contributed by atoms with E-state index in [1.165, 1.54) is 4.90 Å². The van der Waals surface area contributed by atoms with Gasteiger partial charge in [0.15, 0.2) is 6.04 Å². The van der Waals surface area contributed by atoms with Crippen molar-refractivity contribution in [2.45, 2.75) is 26.4 Å². The second-order valence-electron chi connectivity index (χ2n) is 5.14. The summed E-state index contributed by atoms with van der Waals surface area (Å²) in [4.78, 5) is 18.8. The van der Waals surface area contributed by atoms with Crippen molar-refractivity contribution >= 4 is 46.3 Å². The minimum absolute atomic E-state index is 0.0997. The van der Waals surface area contributed by atoms with Crippen molar-refractivity contribution in [2.24, 2.45) is 10.1 Å². The number of carbonyl (C=O) groups excluding carboxylic acids is 1. The van der Waals surface area contributed by atoms with E-state index < -0.39 is 6.04 Å². The van der Waals surface area contributed by atoms with Crippen LogP contribution in [0.3, 0.4) is 0 Å². The van der Waals surface area contributed by atoms with Gasteiger partial charge in [0, 0.05) is 11.6 Å². The van der Waals surface area contributed by atoms with Crippen LogP contribution in [-0.2, 0) is 11.3 Å². The lowest BCUT2D eigenvalue weighted by atomic mass is 10.1. The van der Waals surface area contributed by atoms with Crippen LogP contribution in [0.1, 0.15) is 19.4 Å². The number of halogens is 1. The van der Waals surface area contributed by atoms with Crippen LogP contribution >= 0.6 is 23.8 Å². The van der Waals surface area contributed by atoms with Crippen molar-refractivity contribution in [3.63, 3.8) is 0 Å². The van der Waals surface area contributed by atoms with Crippen LogP contribution in [0.15, 0.2) is 34.4 Å². The highest BCUT2D eigenvalue weighted by atomic mass is 35.5. The third-order valence-corrected chi connectivity index (χ3v) is 4.44. The number of fused-ring (bicyclic) bond motifs is 1. The largest absolute Gasteiger partial charge is 0.281 e. The molecule has 2 aliphatic rings. The van der Waals surface area contributed by atoms with Gasteiger partial charge in [-0.3, -0.25) is 14.7 Å². The summed E-state index contributed by atoms with van der Waals surface area (Å²) >= 11 is 11.5. The number of benzene rings is 1. The first-order valence-corrected chi connectivity index (χ1v) is 7.81. The summed E-state index contributed by atoms with van der Waals surface area (Å²) in [6.07, 6.45) is 0. The summed E-state index contributed by atoms with van der Waals surface area (Å²) < 4.78 is 0. The van der Waals surface area contributed by atoms with E-state index in [1.54, 1.807) is 11.1 Å². The minimum Gasteiger partial charge on any atom is -0.281 e. The first-order valence-electron chi connectivity index (χ1n) is 7.02. The number of rotatable bonds is 3. The van der Waals surface area contributed by atoms with Gasteiger partial charge < -0.3 is 0 Å². The summed E-state index contributed by atoms with van der Waals surface area (Å²) in [7, 11) is 0. The molecule has 3 rings (SSSR count). The molecule has 0 N–H and O–H groups in total. The molecule has 1 unspecified atom stereocenters. The van der Waals surface area contributed by atoms with Crippen molar-refractivity contribution in [3.05, 3.63) is 34.9 Å². The highest BCUT2D eigenvalue weighted by molar-refractivity contribution is 7.80. The average Bonchev–Trinajstić information content (AvgIpc) is 2.81. The smallest absolute Gasteiger partial charge is 0.259 e. The fourth-order valence-corrected chi connectivity index (χ4v) is 3.08. The maximum atomic E-state index is 12.8. The molecule has 0 radical (unpaired) electrons. The molecule has 0 spiro atoms. The summed E-state index contributed by atoms with van der Waals surface area (Å²) in [5, 5.41) is 7.01. The normalized spacial score (nSPS) is 21.0. The van der Waals surface area contributed by atoms with E-state index in [0.29, 0.717) is 23.8 Å². The van der Waals surface area contributed by atoms with E-state index in [1.807, 2.05) is 32.0 Å². The van der Waals surface area contributed by atoms with Crippen LogP contribution < -0.4 is 0 Å². The van der Waals surface area contributed by atoms with Crippen LogP contribution in [-0.4, -0.2) is 44.9 Å². The van der Waals surface area contributed by atoms with Crippen molar-refractivity contribution in [1.29, 1.82) is 0 Å². The van der Waals surface area contributed by atoms with Crippen molar-refractivity contribution < 1.29 is 4.79 Å². The van der Waals surface area contributed by atoms with E-state index in [2.05, 4.69) is 10.1 Å². The molecule has 0 aromatic heterocycles. The van der Waals surface area contributed by atoms with Crippen LogP contribution in [0.2, 0.25) is 5.02 Å². The quantitative estimate of drug-likeness (QED) is 0.798. The van der Waals surface area contributed by atoms with Crippen LogP contribution in [0, 0.1) is 0 Å². The standard InChI is InChI=1S/C15H15ClN4OS/c1-3-20-13-12(9(2)18-20)17-15(22)19(14(13)21)8-10-6-4-5-7-11(10)16/h4-7,13H,3,8H2,1-2H3. The van der Waals surface area contributed by atoms with Gasteiger partial charge in [0.25, 0.3) is 5.91 Å². The maximum absolute atomic E-state index is 12.8. The summed E-state index contributed by atoms with van der Waals surface area (Å²) in [5.41, 5.74) is 2.25. The van der Waals surface area contributed by atoms with E-state index in [-0.39, 0.29) is 11.0 Å². The fraction of sp³-hybridized carbons (Fsp3) is 0.333. The molecule has 1 atom stereocenters. The lowest BCUT2D eigenvalue weighted by Crippen LogP contribution is -2.53. The molecule has 0 saturated heterocycles. The second-order valence-corrected chi connectivity index (χ2v) is 5.91. The number of thiocarbonyl (C=S) groups is 1. The zero-order chi connectivity index (χ0) is 15.9. The van der Waals surface area contributed by atoms with Crippen LogP contribution in [0.4, 0.5) is 0 Å². The molecule has 2 aliphatic heterocycles. The molecule has 1 aromatic carbocycles. The van der Waals surface area contributed by atoms with Gasteiger partial charge in [0.1, 0.15) is 5.71 Å². The fourth-order valence-electron chi connectivity index (χ4n) is 2.63. The maximum Gasteiger partial charge on any atom is 0.259 e. The highest BCUT2D eigenvalue weighted by Crippen LogP contribution is 2.24. The van der Waals surface area contributed by atoms with E-state index in [4.69, 9.17) is 23.8 Å². The van der Waals surface area contributed by atoms with Gasteiger partial charge in [-0.1, -0.05) is 29.8 Å². The average molecular weight is 335 g/mol. The van der Waals surface area contributed by atoms with Crippen molar-refractivity contribution in [3.8, 4) is 0 Å². The summed E-state index contributed by atoms with van der Waals surface area (Å²) in [6, 6.07) is 6.94. The number of nitrogens with zero attached hydrogens (tertiary/aromatic N) is 4. The Morgan fingerprint density at radius 1 is 1.36 bits per heavy atom. The second kappa shape index (κ2) is 5.78. The van der Waals surface area contributed by atoms with Gasteiger partial charge in [0.05, 0.1) is 12.3 Å². The number of likely N-dealkylation sites (N-methyl/N-ethyl adjacent to an activating group) is 1. The molecule has 0 saturated carbocycles. The van der Waals surface area contributed by atoms with Gasteiger partial charge in [-0.15, -0.1) is 0 Å². The van der Waals surface area contributed by atoms with Gasteiger partial charge in [-0.25, -0.2) is 4.99 Å². The van der Waals surface area contributed by atoms with Crippen molar-refractivity contribution in [2.75, 3.05) is 6.54 Å². The summed E-state index contributed by atoms with van der Waals surface area (Å²) in [6.45, 7) is 4.76. The molecule has 0 aliphatic carbocycles. The number of amides is 1. The number of aliphatic imine (C=N–C) groups is 1. The Bertz CT molecular complexity index is 715. The van der Waals surface area contributed by atoms with E-state index in [0.717, 1.165) is 11.3 Å². The SMILES string of the molecule is CCN1N=C(C)C2=NC(=S)N(Cc3ccccc3Cl)C(=O)C21. The summed E-state index contributed by atoms with van der Waals surface area (Å²) in [5.74, 6) is -0.0997.